The van der Waals surface area contributed by atoms with E-state index >= 15 is 0 Å². The van der Waals surface area contributed by atoms with Gasteiger partial charge in [-0.05, 0) is 30.3 Å². The smallest absolute Gasteiger partial charge is 0.260 e. The van der Waals surface area contributed by atoms with Crippen LogP contribution in [0.5, 0.6) is 5.75 Å². The Morgan fingerprint density at radius 1 is 1.25 bits per heavy atom. The number of nitrogen functional groups attached to an aromatic ring is 1. The minimum atomic E-state index is -0.504. The molecule has 0 aliphatic heterocycles. The van der Waals surface area contributed by atoms with Crippen LogP contribution in [0.3, 0.4) is 0 Å². The standard InChI is InChI=1S/C15H15FN2O2/c1-18(13-5-3-4-6-14(13)20-2)15(19)11-9-10(16)7-8-12(11)17/h3-9H,17H2,1-2H3. The molecule has 2 N–H and O–H groups in total. The fourth-order valence-corrected chi connectivity index (χ4v) is 1.91. The van der Waals surface area contributed by atoms with Crippen LogP contribution in [0.1, 0.15) is 10.4 Å². The molecule has 0 aliphatic rings. The van der Waals surface area contributed by atoms with Gasteiger partial charge in [0.1, 0.15) is 11.6 Å². The van der Waals surface area contributed by atoms with Crippen molar-refractivity contribution in [3.05, 3.63) is 53.8 Å². The lowest BCUT2D eigenvalue weighted by Gasteiger charge is -2.20. The second-order valence-corrected chi connectivity index (χ2v) is 4.27. The maximum Gasteiger partial charge on any atom is 0.260 e. The summed E-state index contributed by atoms with van der Waals surface area (Å²) >= 11 is 0. The van der Waals surface area contributed by atoms with Gasteiger partial charge in [-0.1, -0.05) is 12.1 Å². The fourth-order valence-electron chi connectivity index (χ4n) is 1.91. The SMILES string of the molecule is COc1ccccc1N(C)C(=O)c1cc(F)ccc1N. The number of halogens is 1. The van der Waals surface area contributed by atoms with E-state index in [1.807, 2.05) is 0 Å². The summed E-state index contributed by atoms with van der Waals surface area (Å²) in [6.07, 6.45) is 0. The Labute approximate surface area is 116 Å². The number of hydrogen-bond acceptors (Lipinski definition) is 3. The number of anilines is 2. The number of carbonyl (C=O) groups excluding carboxylic acids is 1. The number of carbonyl (C=O) groups is 1. The van der Waals surface area contributed by atoms with Crippen molar-refractivity contribution in [2.75, 3.05) is 24.8 Å². The van der Waals surface area contributed by atoms with Crippen LogP contribution in [0.15, 0.2) is 42.5 Å². The van der Waals surface area contributed by atoms with E-state index < -0.39 is 11.7 Å². The van der Waals surface area contributed by atoms with Crippen molar-refractivity contribution in [3.8, 4) is 5.75 Å². The number of amides is 1. The highest BCUT2D eigenvalue weighted by Gasteiger charge is 2.19. The average Bonchev–Trinajstić information content (AvgIpc) is 2.48. The summed E-state index contributed by atoms with van der Waals surface area (Å²) in [4.78, 5) is 13.8. The molecule has 0 unspecified atom stereocenters. The molecule has 104 valence electrons. The number of nitrogens with zero attached hydrogens (tertiary/aromatic N) is 1. The maximum absolute atomic E-state index is 13.3. The first-order chi connectivity index (χ1) is 9.54. The van der Waals surface area contributed by atoms with E-state index in [4.69, 9.17) is 10.5 Å². The third-order valence-corrected chi connectivity index (χ3v) is 3.00. The first kappa shape index (κ1) is 13.9. The van der Waals surface area contributed by atoms with Gasteiger partial charge in [0.25, 0.3) is 5.91 Å². The summed E-state index contributed by atoms with van der Waals surface area (Å²) in [5, 5.41) is 0. The van der Waals surface area contributed by atoms with Crippen LogP contribution in [0, 0.1) is 5.82 Å². The molecule has 1 amide bonds. The van der Waals surface area contributed by atoms with Gasteiger partial charge in [-0.25, -0.2) is 4.39 Å². The Balaban J connectivity index is 2.40. The summed E-state index contributed by atoms with van der Waals surface area (Å²) in [5.41, 5.74) is 6.68. The van der Waals surface area contributed by atoms with E-state index in [1.54, 1.807) is 31.3 Å². The zero-order valence-corrected chi connectivity index (χ0v) is 11.3. The highest BCUT2D eigenvalue weighted by atomic mass is 19.1. The summed E-state index contributed by atoms with van der Waals surface area (Å²) < 4.78 is 18.5. The summed E-state index contributed by atoms with van der Waals surface area (Å²) in [7, 11) is 3.11. The highest BCUT2D eigenvalue weighted by molar-refractivity contribution is 6.09. The minimum absolute atomic E-state index is 0.124. The molecule has 0 saturated carbocycles. The van der Waals surface area contributed by atoms with E-state index in [0.29, 0.717) is 11.4 Å². The lowest BCUT2D eigenvalue weighted by molar-refractivity contribution is 0.0993. The molecular formula is C15H15FN2O2. The van der Waals surface area contributed by atoms with Gasteiger partial charge in [0.05, 0.1) is 18.4 Å². The van der Waals surface area contributed by atoms with Crippen LogP contribution in [0.4, 0.5) is 15.8 Å². The first-order valence-corrected chi connectivity index (χ1v) is 6.00. The van der Waals surface area contributed by atoms with Gasteiger partial charge in [0.15, 0.2) is 0 Å². The molecule has 0 radical (unpaired) electrons. The molecule has 2 aromatic rings. The molecule has 0 atom stereocenters. The van der Waals surface area contributed by atoms with Crippen LogP contribution in [0.25, 0.3) is 0 Å². The predicted molar refractivity (Wildman–Crippen MR) is 76.5 cm³/mol. The Kier molecular flexibility index (Phi) is 3.89. The van der Waals surface area contributed by atoms with E-state index in [9.17, 15) is 9.18 Å². The van der Waals surface area contributed by atoms with Crippen molar-refractivity contribution in [1.29, 1.82) is 0 Å². The van der Waals surface area contributed by atoms with Gasteiger partial charge in [-0.2, -0.15) is 0 Å². The van der Waals surface area contributed by atoms with E-state index in [0.717, 1.165) is 6.07 Å². The first-order valence-electron chi connectivity index (χ1n) is 6.00. The number of ether oxygens (including phenoxy) is 1. The molecule has 0 heterocycles. The van der Waals surface area contributed by atoms with Crippen LogP contribution < -0.4 is 15.4 Å². The Bertz CT molecular complexity index is 644. The molecular weight excluding hydrogens is 259 g/mol. The third kappa shape index (κ3) is 2.56. The molecule has 0 fully saturated rings. The van der Waals surface area contributed by atoms with E-state index in [-0.39, 0.29) is 11.3 Å². The van der Waals surface area contributed by atoms with Crippen LogP contribution in [-0.4, -0.2) is 20.1 Å². The Hall–Kier alpha value is -2.56. The van der Waals surface area contributed by atoms with Gasteiger partial charge in [0.2, 0.25) is 0 Å². The largest absolute Gasteiger partial charge is 0.495 e. The number of nitrogens with two attached hydrogens (primary N) is 1. The minimum Gasteiger partial charge on any atom is -0.495 e. The maximum atomic E-state index is 13.3. The number of benzene rings is 2. The zero-order chi connectivity index (χ0) is 14.7. The number of para-hydroxylation sites is 2. The molecule has 5 heteroatoms. The number of rotatable bonds is 3. The molecule has 2 rings (SSSR count). The van der Waals surface area contributed by atoms with Crippen LogP contribution >= 0.6 is 0 Å². The third-order valence-electron chi connectivity index (χ3n) is 3.00. The molecule has 0 saturated heterocycles. The van der Waals surface area contributed by atoms with Crippen molar-refractivity contribution >= 4 is 17.3 Å². The lowest BCUT2D eigenvalue weighted by atomic mass is 10.1. The van der Waals surface area contributed by atoms with Crippen LogP contribution in [-0.2, 0) is 0 Å². The van der Waals surface area contributed by atoms with E-state index in [1.165, 1.54) is 24.1 Å². The fraction of sp³-hybridized carbons (Fsp3) is 0.133. The van der Waals surface area contributed by atoms with Crippen molar-refractivity contribution in [1.82, 2.24) is 0 Å². The highest BCUT2D eigenvalue weighted by Crippen LogP contribution is 2.28. The van der Waals surface area contributed by atoms with Crippen molar-refractivity contribution < 1.29 is 13.9 Å². The topological polar surface area (TPSA) is 55.6 Å². The molecule has 0 aromatic heterocycles. The van der Waals surface area contributed by atoms with E-state index in [2.05, 4.69) is 0 Å². The van der Waals surface area contributed by atoms with Crippen molar-refractivity contribution in [2.24, 2.45) is 0 Å². The molecule has 2 aromatic carbocycles. The molecule has 20 heavy (non-hydrogen) atoms. The van der Waals surface area contributed by atoms with Gasteiger partial charge in [0, 0.05) is 12.7 Å². The average molecular weight is 274 g/mol. The normalized spacial score (nSPS) is 10.2. The van der Waals surface area contributed by atoms with Gasteiger partial charge in [-0.15, -0.1) is 0 Å². The van der Waals surface area contributed by atoms with Gasteiger partial charge in [-0.3, -0.25) is 4.79 Å². The Morgan fingerprint density at radius 3 is 2.65 bits per heavy atom. The molecule has 0 aliphatic carbocycles. The van der Waals surface area contributed by atoms with Gasteiger partial charge >= 0.3 is 0 Å². The Morgan fingerprint density at radius 2 is 1.95 bits per heavy atom. The summed E-state index contributed by atoms with van der Waals surface area (Å²) in [6.45, 7) is 0. The zero-order valence-electron chi connectivity index (χ0n) is 11.3. The molecule has 4 nitrogen and oxygen atoms in total. The van der Waals surface area contributed by atoms with Gasteiger partial charge < -0.3 is 15.4 Å². The second-order valence-electron chi connectivity index (χ2n) is 4.27. The molecule has 0 spiro atoms. The number of hydrogen-bond donors (Lipinski definition) is 1. The number of methoxy groups -OCH3 is 1. The monoisotopic (exact) mass is 274 g/mol. The van der Waals surface area contributed by atoms with Crippen molar-refractivity contribution in [2.45, 2.75) is 0 Å². The quantitative estimate of drug-likeness (QED) is 0.875. The lowest BCUT2D eigenvalue weighted by Crippen LogP contribution is -2.27. The summed E-state index contributed by atoms with van der Waals surface area (Å²) in [5.74, 6) is -0.346. The second kappa shape index (κ2) is 5.61. The predicted octanol–water partition coefficient (Wildman–Crippen LogP) is 2.69. The molecule has 0 bridgehead atoms. The summed E-state index contributed by atoms with van der Waals surface area (Å²) in [6, 6.07) is 10.8. The van der Waals surface area contributed by atoms with Crippen molar-refractivity contribution in [3.63, 3.8) is 0 Å². The van der Waals surface area contributed by atoms with Crippen LogP contribution in [0.2, 0.25) is 0 Å².